The zero-order valence-corrected chi connectivity index (χ0v) is 21.2. The van der Waals surface area contributed by atoms with Crippen molar-refractivity contribution in [2.75, 3.05) is 6.61 Å². The summed E-state index contributed by atoms with van der Waals surface area (Å²) in [5.74, 6) is -0.0840. The van der Waals surface area contributed by atoms with E-state index in [1.165, 1.54) is 42.4 Å². The van der Waals surface area contributed by atoms with Gasteiger partial charge in [0.05, 0.1) is 18.7 Å². The molecular formula is C32H39NO2. The Kier molecular flexibility index (Phi) is 8.76. The van der Waals surface area contributed by atoms with E-state index in [0.29, 0.717) is 6.61 Å². The highest BCUT2D eigenvalue weighted by molar-refractivity contribution is 5.87. The minimum absolute atomic E-state index is 0.0104. The van der Waals surface area contributed by atoms with Crippen LogP contribution in [0.1, 0.15) is 87.6 Å². The molecule has 3 aromatic rings. The Balaban J connectivity index is 1.74. The molecule has 184 valence electrons. The molecule has 0 bridgehead atoms. The number of carbonyl (C=O) groups excluding carboxylic acids is 1. The monoisotopic (exact) mass is 469 g/mol. The van der Waals surface area contributed by atoms with Crippen LogP contribution in [0.15, 0.2) is 91.0 Å². The number of unbranched alkanes of at least 4 members (excludes halogenated alkanes) is 5. The van der Waals surface area contributed by atoms with Gasteiger partial charge in [-0.25, -0.2) is 4.79 Å². The fraction of sp³-hybridized carbons (Fsp3) is 0.406. The van der Waals surface area contributed by atoms with Gasteiger partial charge in [0.2, 0.25) is 0 Å². The maximum atomic E-state index is 13.8. The average molecular weight is 470 g/mol. The Bertz CT molecular complexity index is 997. The van der Waals surface area contributed by atoms with E-state index in [0.717, 1.165) is 19.3 Å². The highest BCUT2D eigenvalue weighted by Crippen LogP contribution is 2.62. The number of ether oxygens (including phenoxy) is 1. The van der Waals surface area contributed by atoms with Crippen molar-refractivity contribution >= 4 is 5.97 Å². The SMILES string of the molecule is CCCCCCCC[C@]1(C(=O)OCC)[C@@H](c2ccccc2)N1C(c1ccccc1)c1ccccc1. The molecule has 0 spiro atoms. The van der Waals surface area contributed by atoms with Gasteiger partial charge in [0.25, 0.3) is 0 Å². The maximum absolute atomic E-state index is 13.8. The predicted molar refractivity (Wildman–Crippen MR) is 143 cm³/mol. The first-order valence-corrected chi connectivity index (χ1v) is 13.3. The second-order valence-corrected chi connectivity index (χ2v) is 9.61. The lowest BCUT2D eigenvalue weighted by Gasteiger charge is -2.25. The quantitative estimate of drug-likeness (QED) is 0.145. The van der Waals surface area contributed by atoms with E-state index in [1.807, 2.05) is 13.0 Å². The van der Waals surface area contributed by atoms with Gasteiger partial charge in [-0.2, -0.15) is 0 Å². The highest BCUT2D eigenvalue weighted by Gasteiger charge is 2.70. The van der Waals surface area contributed by atoms with Crippen LogP contribution in [0.25, 0.3) is 0 Å². The Hall–Kier alpha value is -2.91. The molecule has 4 rings (SSSR count). The van der Waals surface area contributed by atoms with Crippen LogP contribution >= 0.6 is 0 Å². The molecule has 1 fully saturated rings. The minimum Gasteiger partial charge on any atom is -0.465 e. The van der Waals surface area contributed by atoms with Crippen molar-refractivity contribution in [3.05, 3.63) is 108 Å². The zero-order chi connectivity index (χ0) is 24.5. The Morgan fingerprint density at radius 1 is 0.771 bits per heavy atom. The first-order chi connectivity index (χ1) is 17.2. The molecule has 0 N–H and O–H groups in total. The normalized spacial score (nSPS) is 21.1. The smallest absolute Gasteiger partial charge is 0.328 e. The predicted octanol–water partition coefficient (Wildman–Crippen LogP) is 7.89. The van der Waals surface area contributed by atoms with Crippen molar-refractivity contribution in [2.24, 2.45) is 0 Å². The van der Waals surface area contributed by atoms with E-state index < -0.39 is 5.54 Å². The summed E-state index contributed by atoms with van der Waals surface area (Å²) in [6, 6.07) is 31.7. The number of carbonyl (C=O) groups is 1. The lowest BCUT2D eigenvalue weighted by Crippen LogP contribution is -2.34. The van der Waals surface area contributed by atoms with Crippen molar-refractivity contribution in [1.82, 2.24) is 4.90 Å². The third-order valence-corrected chi connectivity index (χ3v) is 7.29. The highest BCUT2D eigenvalue weighted by atomic mass is 16.5. The Labute approximate surface area is 211 Å². The summed E-state index contributed by atoms with van der Waals surface area (Å²) in [6.07, 6.45) is 8.01. The molecule has 0 radical (unpaired) electrons. The van der Waals surface area contributed by atoms with Crippen LogP contribution < -0.4 is 0 Å². The summed E-state index contributed by atoms with van der Waals surface area (Å²) in [4.78, 5) is 16.2. The molecular weight excluding hydrogens is 430 g/mol. The summed E-state index contributed by atoms with van der Waals surface area (Å²) in [7, 11) is 0. The van der Waals surface area contributed by atoms with Crippen LogP contribution in [-0.4, -0.2) is 23.0 Å². The van der Waals surface area contributed by atoms with Gasteiger partial charge < -0.3 is 4.74 Å². The van der Waals surface area contributed by atoms with E-state index in [2.05, 4.69) is 96.8 Å². The first kappa shape index (κ1) is 25.2. The third-order valence-electron chi connectivity index (χ3n) is 7.29. The van der Waals surface area contributed by atoms with Crippen molar-refractivity contribution in [2.45, 2.75) is 76.4 Å². The Morgan fingerprint density at radius 3 is 1.83 bits per heavy atom. The fourth-order valence-corrected chi connectivity index (χ4v) is 5.60. The second-order valence-electron chi connectivity index (χ2n) is 9.61. The summed E-state index contributed by atoms with van der Waals surface area (Å²) in [6.45, 7) is 4.55. The van der Waals surface area contributed by atoms with Crippen LogP contribution in [0.5, 0.6) is 0 Å². The third kappa shape index (κ3) is 5.51. The van der Waals surface area contributed by atoms with Crippen molar-refractivity contribution < 1.29 is 9.53 Å². The first-order valence-electron chi connectivity index (χ1n) is 13.3. The van der Waals surface area contributed by atoms with E-state index in [1.54, 1.807) is 0 Å². The van der Waals surface area contributed by atoms with E-state index in [-0.39, 0.29) is 18.1 Å². The van der Waals surface area contributed by atoms with Gasteiger partial charge in [-0.1, -0.05) is 136 Å². The number of benzene rings is 3. The van der Waals surface area contributed by atoms with Gasteiger partial charge >= 0.3 is 5.97 Å². The van der Waals surface area contributed by atoms with E-state index in [9.17, 15) is 4.79 Å². The number of hydrogen-bond donors (Lipinski definition) is 0. The molecule has 3 heteroatoms. The standard InChI is InChI=1S/C32H39NO2/c1-3-5-6-7-8-18-25-32(31(34)35-4-2)30(28-23-16-11-17-24-28)33(32)29(26-19-12-9-13-20-26)27-21-14-10-15-22-27/h9-17,19-24,29-30H,3-8,18,25H2,1-2H3/t30-,32-,33?/m1/s1. The molecule has 1 heterocycles. The number of nitrogens with zero attached hydrogens (tertiary/aromatic N) is 1. The number of rotatable bonds is 13. The molecule has 0 aromatic heterocycles. The van der Waals surface area contributed by atoms with Gasteiger partial charge in [-0.05, 0) is 30.0 Å². The van der Waals surface area contributed by atoms with Crippen molar-refractivity contribution in [3.8, 4) is 0 Å². The molecule has 3 atom stereocenters. The summed E-state index contributed by atoms with van der Waals surface area (Å²) in [5.41, 5.74) is 2.93. The largest absolute Gasteiger partial charge is 0.465 e. The minimum atomic E-state index is -0.654. The number of esters is 1. The molecule has 1 aliphatic rings. The van der Waals surface area contributed by atoms with Gasteiger partial charge in [-0.3, -0.25) is 4.90 Å². The molecule has 3 aromatic carbocycles. The Morgan fingerprint density at radius 2 is 1.29 bits per heavy atom. The van der Waals surface area contributed by atoms with Crippen LogP contribution in [0.4, 0.5) is 0 Å². The lowest BCUT2D eigenvalue weighted by atomic mass is 9.92. The van der Waals surface area contributed by atoms with Crippen LogP contribution in [0.2, 0.25) is 0 Å². The number of hydrogen-bond acceptors (Lipinski definition) is 3. The zero-order valence-electron chi connectivity index (χ0n) is 21.2. The molecule has 0 amide bonds. The molecule has 0 saturated carbocycles. The van der Waals surface area contributed by atoms with Crippen molar-refractivity contribution in [3.63, 3.8) is 0 Å². The van der Waals surface area contributed by atoms with Crippen LogP contribution in [-0.2, 0) is 9.53 Å². The van der Waals surface area contributed by atoms with Gasteiger partial charge in [0, 0.05) is 0 Å². The van der Waals surface area contributed by atoms with Gasteiger partial charge in [-0.15, -0.1) is 0 Å². The topological polar surface area (TPSA) is 29.3 Å². The summed E-state index contributed by atoms with van der Waals surface area (Å²) >= 11 is 0. The average Bonchev–Trinajstić information content (AvgIpc) is 3.57. The van der Waals surface area contributed by atoms with Gasteiger partial charge in [0.15, 0.2) is 0 Å². The lowest BCUT2D eigenvalue weighted by molar-refractivity contribution is -0.148. The summed E-state index contributed by atoms with van der Waals surface area (Å²) < 4.78 is 5.79. The molecule has 1 aliphatic heterocycles. The molecule has 35 heavy (non-hydrogen) atoms. The van der Waals surface area contributed by atoms with Crippen LogP contribution in [0, 0.1) is 0 Å². The molecule has 0 aliphatic carbocycles. The van der Waals surface area contributed by atoms with Crippen LogP contribution in [0.3, 0.4) is 0 Å². The molecule has 3 nitrogen and oxygen atoms in total. The summed E-state index contributed by atoms with van der Waals surface area (Å²) in [5, 5.41) is 0. The molecule has 1 saturated heterocycles. The fourth-order valence-electron chi connectivity index (χ4n) is 5.60. The van der Waals surface area contributed by atoms with Crippen molar-refractivity contribution in [1.29, 1.82) is 0 Å². The molecule has 1 unspecified atom stereocenters. The van der Waals surface area contributed by atoms with E-state index >= 15 is 0 Å². The van der Waals surface area contributed by atoms with E-state index in [4.69, 9.17) is 4.74 Å². The van der Waals surface area contributed by atoms with Gasteiger partial charge in [0.1, 0.15) is 5.54 Å². The second kappa shape index (κ2) is 12.2. The maximum Gasteiger partial charge on any atom is 0.328 e.